The van der Waals surface area contributed by atoms with Crippen LogP contribution in [0.3, 0.4) is 0 Å². The maximum absolute atomic E-state index is 12.0. The van der Waals surface area contributed by atoms with Gasteiger partial charge in [0.15, 0.2) is 11.5 Å². The average Bonchev–Trinajstić information content (AvgIpc) is 2.69. The summed E-state index contributed by atoms with van der Waals surface area (Å²) < 4.78 is 2.17. The van der Waals surface area contributed by atoms with Gasteiger partial charge in [0.1, 0.15) is 0 Å². The van der Waals surface area contributed by atoms with Crippen molar-refractivity contribution in [2.24, 2.45) is 0 Å². The Kier molecular flexibility index (Phi) is 7.79. The van der Waals surface area contributed by atoms with Crippen LogP contribution in [0.15, 0.2) is 46.2 Å². The Morgan fingerprint density at radius 3 is 1.47 bits per heavy atom. The number of aromatic hydroxyl groups is 2. The Balaban J connectivity index is 1.89. The Hall–Kier alpha value is -3.56. The summed E-state index contributed by atoms with van der Waals surface area (Å²) in [5.74, 6) is -1.52. The largest absolute Gasteiger partial charge is 0.503 e. The fourth-order valence-corrected chi connectivity index (χ4v) is 3.03. The van der Waals surface area contributed by atoms with Crippen LogP contribution >= 0.6 is 0 Å². The molecule has 10 nitrogen and oxygen atoms in total. The summed E-state index contributed by atoms with van der Waals surface area (Å²) >= 11 is 0. The Morgan fingerprint density at radius 1 is 0.767 bits per heavy atom. The highest BCUT2D eigenvalue weighted by Gasteiger charge is 2.15. The fourth-order valence-electron chi connectivity index (χ4n) is 3.03. The molecule has 0 aliphatic heterocycles. The van der Waals surface area contributed by atoms with Gasteiger partial charge in [0.2, 0.25) is 11.8 Å². The van der Waals surface area contributed by atoms with Gasteiger partial charge in [-0.2, -0.15) is 0 Å². The molecule has 0 saturated heterocycles. The van der Waals surface area contributed by atoms with E-state index in [1.807, 2.05) is 0 Å². The number of hydrogen-bond donors (Lipinski definition) is 2. The van der Waals surface area contributed by atoms with Crippen molar-refractivity contribution in [1.29, 1.82) is 0 Å². The van der Waals surface area contributed by atoms with Crippen molar-refractivity contribution in [2.45, 2.75) is 39.5 Å². The van der Waals surface area contributed by atoms with E-state index in [4.69, 9.17) is 0 Å². The van der Waals surface area contributed by atoms with E-state index in [0.29, 0.717) is 25.9 Å². The average molecular weight is 418 g/mol. The van der Waals surface area contributed by atoms with Crippen LogP contribution in [-0.2, 0) is 9.59 Å². The van der Waals surface area contributed by atoms with E-state index in [1.165, 1.54) is 60.5 Å². The number of aromatic nitrogens is 2. The molecule has 2 aromatic rings. The number of pyridine rings is 2. The zero-order chi connectivity index (χ0) is 22.3. The minimum Gasteiger partial charge on any atom is -0.503 e. The van der Waals surface area contributed by atoms with Crippen LogP contribution in [-0.4, -0.2) is 44.5 Å². The second-order valence-electron chi connectivity index (χ2n) is 6.78. The van der Waals surface area contributed by atoms with E-state index in [1.54, 1.807) is 0 Å². The number of unbranched alkanes of at least 4 members (excludes halogenated alkanes) is 3. The van der Waals surface area contributed by atoms with Crippen molar-refractivity contribution in [1.82, 2.24) is 9.35 Å². The number of carbonyl (C=O) groups excluding carboxylic acids is 2. The lowest BCUT2D eigenvalue weighted by atomic mass is 10.2. The molecule has 2 aromatic heterocycles. The van der Waals surface area contributed by atoms with Crippen molar-refractivity contribution >= 4 is 11.8 Å². The van der Waals surface area contributed by atoms with Crippen LogP contribution in [0.25, 0.3) is 0 Å². The maximum Gasteiger partial charge on any atom is 0.311 e. The van der Waals surface area contributed by atoms with Gasteiger partial charge in [-0.25, -0.2) is 19.4 Å². The molecule has 10 heteroatoms. The van der Waals surface area contributed by atoms with Gasteiger partial charge in [0.05, 0.1) is 0 Å². The quantitative estimate of drug-likeness (QED) is 0.576. The zero-order valence-corrected chi connectivity index (χ0v) is 17.0. The van der Waals surface area contributed by atoms with E-state index < -0.39 is 22.6 Å². The number of nitrogens with zero attached hydrogens (tertiary/aromatic N) is 4. The van der Waals surface area contributed by atoms with E-state index >= 15 is 0 Å². The van der Waals surface area contributed by atoms with Crippen LogP contribution in [0.4, 0.5) is 0 Å². The third kappa shape index (κ3) is 5.49. The van der Waals surface area contributed by atoms with Gasteiger partial charge in [-0.3, -0.25) is 19.2 Å². The minimum atomic E-state index is -0.665. The van der Waals surface area contributed by atoms with Gasteiger partial charge in [-0.15, -0.1) is 0 Å². The summed E-state index contributed by atoms with van der Waals surface area (Å²) in [6, 6.07) is 5.48. The predicted octanol–water partition coefficient (Wildman–Crippen LogP) is 0.651. The fraction of sp³-hybridized carbons (Fsp3) is 0.400. The first-order valence-corrected chi connectivity index (χ1v) is 9.62. The third-order valence-corrected chi connectivity index (χ3v) is 4.55. The lowest BCUT2D eigenvalue weighted by molar-refractivity contribution is -0.119. The van der Waals surface area contributed by atoms with Crippen LogP contribution in [0.5, 0.6) is 11.5 Å². The molecule has 0 fully saturated rings. The molecule has 162 valence electrons. The molecule has 0 aromatic carbocycles. The highest BCUT2D eigenvalue weighted by molar-refractivity contribution is 5.83. The van der Waals surface area contributed by atoms with Crippen LogP contribution in [0.2, 0.25) is 0 Å². The first-order valence-electron chi connectivity index (χ1n) is 9.62. The van der Waals surface area contributed by atoms with Gasteiger partial charge >= 0.3 is 11.1 Å². The van der Waals surface area contributed by atoms with Gasteiger partial charge < -0.3 is 10.2 Å². The molecule has 0 bridgehead atoms. The summed E-state index contributed by atoms with van der Waals surface area (Å²) in [5, 5.41) is 21.6. The summed E-state index contributed by atoms with van der Waals surface area (Å²) in [7, 11) is 0. The predicted molar refractivity (Wildman–Crippen MR) is 111 cm³/mol. The number of amides is 2. The summed E-state index contributed by atoms with van der Waals surface area (Å²) in [4.78, 5) is 47.8. The molecule has 0 saturated carbocycles. The Bertz CT molecular complexity index is 931. The minimum absolute atomic E-state index is 0.293. The Labute approximate surface area is 173 Å². The van der Waals surface area contributed by atoms with E-state index in [9.17, 15) is 29.4 Å². The van der Waals surface area contributed by atoms with Gasteiger partial charge in [-0.05, 0) is 37.1 Å². The van der Waals surface area contributed by atoms with Gasteiger partial charge in [0.25, 0.3) is 0 Å². The molecule has 2 heterocycles. The second-order valence-corrected chi connectivity index (χ2v) is 6.78. The monoisotopic (exact) mass is 418 g/mol. The highest BCUT2D eigenvalue weighted by atomic mass is 16.3. The lowest BCUT2D eigenvalue weighted by Gasteiger charge is -2.24. The van der Waals surface area contributed by atoms with Gasteiger partial charge in [-0.1, -0.05) is 12.8 Å². The van der Waals surface area contributed by atoms with Crippen molar-refractivity contribution in [3.05, 3.63) is 57.4 Å². The van der Waals surface area contributed by atoms with Crippen molar-refractivity contribution in [3.63, 3.8) is 0 Å². The second kappa shape index (κ2) is 10.3. The number of hydrogen-bond acceptors (Lipinski definition) is 6. The van der Waals surface area contributed by atoms with E-state index in [2.05, 4.69) is 0 Å². The molecular weight excluding hydrogens is 392 g/mol. The summed E-state index contributed by atoms with van der Waals surface area (Å²) in [6.07, 6.45) is 5.49. The summed E-state index contributed by atoms with van der Waals surface area (Å²) in [6.45, 7) is 3.27. The third-order valence-electron chi connectivity index (χ3n) is 4.55. The van der Waals surface area contributed by atoms with E-state index in [0.717, 1.165) is 22.2 Å². The standard InChI is InChI=1S/C20H26N4O6/c1-15(25)21(23-13-7-9-17(27)19(23)29)11-5-3-4-6-12-22(16(2)26)24-14-8-10-18(28)20(24)30/h7-10,13-14,27-28H,3-6,11-12H2,1-2H3. The first-order chi connectivity index (χ1) is 14.2. The van der Waals surface area contributed by atoms with E-state index in [-0.39, 0.29) is 11.8 Å². The molecule has 0 spiro atoms. The molecule has 0 radical (unpaired) electrons. The Morgan fingerprint density at radius 2 is 1.13 bits per heavy atom. The molecule has 0 aliphatic carbocycles. The summed E-state index contributed by atoms with van der Waals surface area (Å²) in [5.41, 5.74) is -1.33. The SMILES string of the molecule is CC(=O)N(CCCCCCN(C(C)=O)n1cccc(O)c1=O)n1cccc(O)c1=O. The molecule has 0 atom stereocenters. The topological polar surface area (TPSA) is 125 Å². The van der Waals surface area contributed by atoms with Crippen LogP contribution < -0.4 is 21.1 Å². The molecular formula is C20H26N4O6. The number of rotatable bonds is 9. The number of carbonyl (C=O) groups is 2. The molecule has 2 amide bonds. The van der Waals surface area contributed by atoms with Crippen molar-refractivity contribution in [3.8, 4) is 11.5 Å². The maximum atomic E-state index is 12.0. The smallest absolute Gasteiger partial charge is 0.311 e. The zero-order valence-electron chi connectivity index (χ0n) is 17.0. The molecule has 30 heavy (non-hydrogen) atoms. The molecule has 2 rings (SSSR count). The molecule has 0 unspecified atom stereocenters. The van der Waals surface area contributed by atoms with Crippen molar-refractivity contribution in [2.75, 3.05) is 23.1 Å². The van der Waals surface area contributed by atoms with Crippen LogP contribution in [0, 0.1) is 0 Å². The first kappa shape index (κ1) is 22.7. The normalized spacial score (nSPS) is 10.6. The lowest BCUT2D eigenvalue weighted by Crippen LogP contribution is -2.45. The van der Waals surface area contributed by atoms with Gasteiger partial charge in [0, 0.05) is 39.3 Å². The highest BCUT2D eigenvalue weighted by Crippen LogP contribution is 2.06. The van der Waals surface area contributed by atoms with Crippen molar-refractivity contribution < 1.29 is 19.8 Å². The molecule has 2 N–H and O–H groups in total. The molecule has 0 aliphatic rings. The van der Waals surface area contributed by atoms with Crippen LogP contribution in [0.1, 0.15) is 39.5 Å².